The van der Waals surface area contributed by atoms with E-state index >= 15 is 0 Å². The largest absolute Gasteiger partial charge is 0.393 e. The summed E-state index contributed by atoms with van der Waals surface area (Å²) in [5, 5.41) is 24.2. The molecule has 35 heavy (non-hydrogen) atoms. The van der Waals surface area contributed by atoms with Crippen molar-refractivity contribution in [1.29, 1.82) is 0 Å². The van der Waals surface area contributed by atoms with Crippen LogP contribution in [0.15, 0.2) is 0 Å². The van der Waals surface area contributed by atoms with E-state index in [0.29, 0.717) is 41.9 Å². The SMILES string of the molecule is C[C@H](CCC(=O)NCCS(=O)(=O)O)[C@H]1CC[C@H]2[C@@H]3[C@@H](O)C[C@@H]4C[C@H](O)CC[C@]4(C)[C@H]3CC[C@]12C.[Na]. The van der Waals surface area contributed by atoms with Crippen LogP contribution in [-0.4, -0.2) is 83.2 Å². The van der Waals surface area contributed by atoms with E-state index in [1.54, 1.807) is 0 Å². The van der Waals surface area contributed by atoms with E-state index in [9.17, 15) is 23.4 Å². The van der Waals surface area contributed by atoms with Gasteiger partial charge in [0.15, 0.2) is 0 Å². The number of carbonyl (C=O) groups is 1. The fourth-order valence-electron chi connectivity index (χ4n) is 9.14. The zero-order valence-electron chi connectivity index (χ0n) is 22.1. The summed E-state index contributed by atoms with van der Waals surface area (Å²) < 4.78 is 30.5. The standard InChI is InChI=1S/C26H45NO6S.Na/c1-16(4-7-23(30)27-12-13-34(31,32)33)19-5-6-20-24-21(9-11-26(19,20)3)25(2)10-8-18(28)14-17(25)15-22(24)29;/h16-22,24,28-29H,4-15H2,1-3H3,(H,27,30)(H,31,32,33);/t16-,17+,18-,19-,20+,21+,22+,24+,25+,26-;/m1./s1. The predicted molar refractivity (Wildman–Crippen MR) is 136 cm³/mol. The van der Waals surface area contributed by atoms with Gasteiger partial charge in [0, 0.05) is 42.5 Å². The Hall–Kier alpha value is 0.300. The second kappa shape index (κ2) is 11.2. The van der Waals surface area contributed by atoms with Crippen LogP contribution in [0.3, 0.4) is 0 Å². The summed E-state index contributed by atoms with van der Waals surface area (Å²) in [4.78, 5) is 12.2. The molecule has 4 aliphatic carbocycles. The van der Waals surface area contributed by atoms with Crippen molar-refractivity contribution in [2.75, 3.05) is 12.3 Å². The number of carbonyl (C=O) groups excluding carboxylic acids is 1. The zero-order valence-corrected chi connectivity index (χ0v) is 24.9. The molecule has 4 fully saturated rings. The molecule has 0 aromatic rings. The van der Waals surface area contributed by atoms with Gasteiger partial charge in [-0.15, -0.1) is 0 Å². The minimum absolute atomic E-state index is 0. The monoisotopic (exact) mass is 522 g/mol. The first-order valence-electron chi connectivity index (χ1n) is 13.4. The molecule has 4 N–H and O–H groups in total. The van der Waals surface area contributed by atoms with Crippen molar-refractivity contribution in [3.8, 4) is 0 Å². The first-order chi connectivity index (χ1) is 15.8. The molecule has 0 unspecified atom stereocenters. The van der Waals surface area contributed by atoms with Crippen LogP contribution >= 0.6 is 0 Å². The molecule has 0 aromatic carbocycles. The summed E-state index contributed by atoms with van der Waals surface area (Å²) in [6.07, 6.45) is 8.87. The summed E-state index contributed by atoms with van der Waals surface area (Å²) in [7, 11) is -4.06. The van der Waals surface area contributed by atoms with Gasteiger partial charge in [-0.2, -0.15) is 8.42 Å². The van der Waals surface area contributed by atoms with Crippen molar-refractivity contribution in [2.24, 2.45) is 46.3 Å². The third kappa shape index (κ3) is 5.99. The van der Waals surface area contributed by atoms with E-state index in [1.165, 1.54) is 6.42 Å². The van der Waals surface area contributed by atoms with Gasteiger partial charge in [-0.1, -0.05) is 20.8 Å². The van der Waals surface area contributed by atoms with E-state index in [2.05, 4.69) is 26.1 Å². The Labute approximate surface area is 233 Å². The number of rotatable bonds is 7. The fourth-order valence-corrected chi connectivity index (χ4v) is 9.50. The Bertz CT molecular complexity index is 870. The predicted octanol–water partition coefficient (Wildman–Crippen LogP) is 3.02. The maximum atomic E-state index is 12.2. The van der Waals surface area contributed by atoms with Crippen molar-refractivity contribution < 1.29 is 28.0 Å². The molecule has 0 bridgehead atoms. The molecule has 7 nitrogen and oxygen atoms in total. The summed E-state index contributed by atoms with van der Waals surface area (Å²) in [5.41, 5.74) is 0.411. The number of hydrogen-bond donors (Lipinski definition) is 4. The molecule has 4 saturated carbocycles. The minimum atomic E-state index is -4.06. The summed E-state index contributed by atoms with van der Waals surface area (Å²) in [6, 6.07) is 0. The van der Waals surface area contributed by atoms with Gasteiger partial charge < -0.3 is 15.5 Å². The van der Waals surface area contributed by atoms with Gasteiger partial charge in [0.25, 0.3) is 10.1 Å². The topological polar surface area (TPSA) is 124 Å². The number of aliphatic hydroxyl groups excluding tert-OH is 2. The zero-order chi connectivity index (χ0) is 24.9. The van der Waals surface area contributed by atoms with Crippen LogP contribution in [0.1, 0.15) is 85.0 Å². The molecule has 1 radical (unpaired) electrons. The number of hydrogen-bond acceptors (Lipinski definition) is 5. The van der Waals surface area contributed by atoms with E-state index in [-0.39, 0.29) is 65.0 Å². The maximum Gasteiger partial charge on any atom is 0.266 e. The summed E-state index contributed by atoms with van der Waals surface area (Å²) in [5.74, 6) is 2.10. The first kappa shape index (κ1) is 29.9. The molecule has 0 aliphatic heterocycles. The molecule has 0 heterocycles. The quantitative estimate of drug-likeness (QED) is 0.301. The minimum Gasteiger partial charge on any atom is -0.393 e. The van der Waals surface area contributed by atoms with E-state index in [4.69, 9.17) is 4.55 Å². The van der Waals surface area contributed by atoms with E-state index in [1.807, 2.05) is 0 Å². The van der Waals surface area contributed by atoms with Gasteiger partial charge in [0.05, 0.1) is 18.0 Å². The van der Waals surface area contributed by atoms with Crippen LogP contribution in [0, 0.1) is 46.3 Å². The van der Waals surface area contributed by atoms with Crippen molar-refractivity contribution in [2.45, 2.75) is 97.2 Å². The van der Waals surface area contributed by atoms with Gasteiger partial charge in [-0.3, -0.25) is 9.35 Å². The molecule has 197 valence electrons. The normalized spacial score (nSPS) is 43.8. The molecule has 0 spiro atoms. The van der Waals surface area contributed by atoms with Crippen LogP contribution in [-0.2, 0) is 14.9 Å². The molecular weight excluding hydrogens is 477 g/mol. The van der Waals surface area contributed by atoms with Crippen LogP contribution < -0.4 is 5.32 Å². The van der Waals surface area contributed by atoms with E-state index < -0.39 is 15.9 Å². The summed E-state index contributed by atoms with van der Waals surface area (Å²) in [6.45, 7) is 7.05. The van der Waals surface area contributed by atoms with Gasteiger partial charge >= 0.3 is 0 Å². The Kier molecular flexibility index (Phi) is 9.54. The third-order valence-corrected chi connectivity index (χ3v) is 11.6. The number of nitrogens with one attached hydrogen (secondary N) is 1. The molecule has 1 amide bonds. The Morgan fingerprint density at radius 2 is 1.69 bits per heavy atom. The molecule has 0 saturated heterocycles. The summed E-state index contributed by atoms with van der Waals surface area (Å²) >= 11 is 0. The number of fused-ring (bicyclic) bond motifs is 5. The van der Waals surface area contributed by atoms with Crippen LogP contribution in [0.25, 0.3) is 0 Å². The third-order valence-electron chi connectivity index (χ3n) is 10.9. The second-order valence-electron chi connectivity index (χ2n) is 12.6. The molecule has 10 atom stereocenters. The van der Waals surface area contributed by atoms with Crippen molar-refractivity contribution in [1.82, 2.24) is 5.32 Å². The average Bonchev–Trinajstić information content (AvgIpc) is 3.09. The van der Waals surface area contributed by atoms with E-state index in [0.717, 1.165) is 51.4 Å². The maximum absolute atomic E-state index is 12.2. The van der Waals surface area contributed by atoms with Gasteiger partial charge in [-0.05, 0) is 104 Å². The fraction of sp³-hybridized carbons (Fsp3) is 0.962. The second-order valence-corrected chi connectivity index (χ2v) is 14.2. The Morgan fingerprint density at radius 3 is 2.37 bits per heavy atom. The molecule has 4 aliphatic rings. The number of amides is 1. The smallest absolute Gasteiger partial charge is 0.266 e. The molecule has 0 aromatic heterocycles. The van der Waals surface area contributed by atoms with Gasteiger partial charge in [0.2, 0.25) is 5.91 Å². The first-order valence-corrected chi connectivity index (χ1v) is 15.0. The van der Waals surface area contributed by atoms with Crippen molar-refractivity contribution in [3.05, 3.63) is 0 Å². The molecule has 9 heteroatoms. The Balaban J connectivity index is 0.00000342. The van der Waals surface area contributed by atoms with Gasteiger partial charge in [-0.25, -0.2) is 0 Å². The van der Waals surface area contributed by atoms with Crippen molar-refractivity contribution >= 4 is 45.6 Å². The van der Waals surface area contributed by atoms with Crippen molar-refractivity contribution in [3.63, 3.8) is 0 Å². The van der Waals surface area contributed by atoms with Gasteiger partial charge in [0.1, 0.15) is 0 Å². The average molecular weight is 523 g/mol. The number of aliphatic hydroxyl groups is 2. The van der Waals surface area contributed by atoms with Crippen LogP contribution in [0.4, 0.5) is 0 Å². The molecule has 4 rings (SSSR count). The molecular formula is C26H45NNaO6S. The van der Waals surface area contributed by atoms with Crippen LogP contribution in [0.2, 0.25) is 0 Å². The Morgan fingerprint density at radius 1 is 1.03 bits per heavy atom. The van der Waals surface area contributed by atoms with Crippen LogP contribution in [0.5, 0.6) is 0 Å².